The van der Waals surface area contributed by atoms with Gasteiger partial charge in [0, 0.05) is 18.8 Å². The van der Waals surface area contributed by atoms with Gasteiger partial charge in [-0.25, -0.2) is 0 Å². The summed E-state index contributed by atoms with van der Waals surface area (Å²) < 4.78 is 0. The Labute approximate surface area is 99.9 Å². The van der Waals surface area contributed by atoms with Gasteiger partial charge in [0.2, 0.25) is 0 Å². The topological polar surface area (TPSA) is 3.24 Å². The molecule has 0 aliphatic heterocycles. The summed E-state index contributed by atoms with van der Waals surface area (Å²) in [6, 6.07) is 0. The van der Waals surface area contributed by atoms with E-state index in [-0.39, 0.29) is 0 Å². The van der Waals surface area contributed by atoms with Crippen molar-refractivity contribution in [3.05, 3.63) is 12.3 Å². The molecule has 1 heteroatoms. The first-order chi connectivity index (χ1) is 7.56. The van der Waals surface area contributed by atoms with Crippen LogP contribution in [0.3, 0.4) is 0 Å². The predicted molar refractivity (Wildman–Crippen MR) is 68.0 cm³/mol. The van der Waals surface area contributed by atoms with Crippen molar-refractivity contribution in [3.8, 4) is 0 Å². The molecule has 0 aromatic carbocycles. The van der Waals surface area contributed by atoms with Crippen LogP contribution in [0.25, 0.3) is 0 Å². The molecule has 1 nitrogen and oxygen atoms in total. The Bertz CT molecular complexity index is 297. The highest BCUT2D eigenvalue weighted by atomic mass is 15.2. The molecule has 90 valence electrons. The molecule has 3 rings (SSSR count). The lowest BCUT2D eigenvalue weighted by molar-refractivity contribution is 0.288. The summed E-state index contributed by atoms with van der Waals surface area (Å²) in [7, 11) is 0. The maximum Gasteiger partial charge on any atom is 0.0208 e. The van der Waals surface area contributed by atoms with E-state index in [1.165, 1.54) is 50.9 Å². The minimum Gasteiger partial charge on any atom is -0.374 e. The molecular weight excluding hydrogens is 194 g/mol. The van der Waals surface area contributed by atoms with Crippen molar-refractivity contribution in [1.29, 1.82) is 0 Å². The maximum atomic E-state index is 4.35. The molecule has 3 saturated carbocycles. The zero-order valence-corrected chi connectivity index (χ0v) is 10.8. The van der Waals surface area contributed by atoms with Gasteiger partial charge in [-0.05, 0) is 55.3 Å². The van der Waals surface area contributed by atoms with Crippen molar-refractivity contribution in [2.45, 2.75) is 46.0 Å². The number of rotatable bonds is 6. The molecule has 0 bridgehead atoms. The minimum absolute atomic E-state index is 0.617. The fourth-order valence-corrected chi connectivity index (χ4v) is 2.75. The molecule has 0 aromatic heterocycles. The van der Waals surface area contributed by atoms with Crippen LogP contribution < -0.4 is 0 Å². The molecule has 0 N–H and O–H groups in total. The predicted octanol–water partition coefficient (Wildman–Crippen LogP) is 3.67. The number of hydrogen-bond donors (Lipinski definition) is 0. The van der Waals surface area contributed by atoms with Crippen molar-refractivity contribution >= 4 is 0 Å². The van der Waals surface area contributed by atoms with Crippen LogP contribution >= 0.6 is 0 Å². The molecule has 3 aliphatic rings. The van der Waals surface area contributed by atoms with Gasteiger partial charge >= 0.3 is 0 Å². The Morgan fingerprint density at radius 1 is 1.19 bits per heavy atom. The first kappa shape index (κ1) is 10.7. The van der Waals surface area contributed by atoms with Crippen molar-refractivity contribution in [3.63, 3.8) is 0 Å². The van der Waals surface area contributed by atoms with E-state index in [9.17, 15) is 0 Å². The van der Waals surface area contributed by atoms with Crippen LogP contribution in [0.4, 0.5) is 0 Å². The van der Waals surface area contributed by atoms with Gasteiger partial charge in [-0.15, -0.1) is 0 Å². The summed E-state index contributed by atoms with van der Waals surface area (Å²) in [5.41, 5.74) is 2.08. The lowest BCUT2D eigenvalue weighted by Crippen LogP contribution is -2.29. The summed E-state index contributed by atoms with van der Waals surface area (Å²) in [4.78, 5) is 2.65. The normalized spacial score (nSPS) is 31.2. The maximum absolute atomic E-state index is 4.35. The average Bonchev–Trinajstić information content (AvgIpc) is 3.04. The van der Waals surface area contributed by atoms with E-state index in [1.807, 2.05) is 0 Å². The van der Waals surface area contributed by atoms with E-state index in [1.54, 1.807) is 0 Å². The van der Waals surface area contributed by atoms with Gasteiger partial charge in [0.25, 0.3) is 0 Å². The van der Waals surface area contributed by atoms with Crippen molar-refractivity contribution in [1.82, 2.24) is 4.90 Å². The Hall–Kier alpha value is -0.460. The standard InChI is InChI=1S/C15H25N/c1-11(13-6-7-13)16(9-12-4-5-12)10-14-8-15(14,2)3/h12-14H,1,4-10H2,2-3H3. The van der Waals surface area contributed by atoms with Gasteiger partial charge in [-0.1, -0.05) is 20.4 Å². The second-order valence-corrected chi connectivity index (χ2v) is 7.00. The third-order valence-electron chi connectivity index (χ3n) is 4.79. The van der Waals surface area contributed by atoms with E-state index < -0.39 is 0 Å². The Morgan fingerprint density at radius 3 is 2.25 bits per heavy atom. The molecule has 0 aromatic rings. The van der Waals surface area contributed by atoms with Crippen LogP contribution in [0.1, 0.15) is 46.0 Å². The van der Waals surface area contributed by atoms with E-state index >= 15 is 0 Å². The monoisotopic (exact) mass is 219 g/mol. The van der Waals surface area contributed by atoms with Crippen molar-refractivity contribution < 1.29 is 0 Å². The largest absolute Gasteiger partial charge is 0.374 e. The number of nitrogens with zero attached hydrogens (tertiary/aromatic N) is 1. The van der Waals surface area contributed by atoms with E-state index in [4.69, 9.17) is 0 Å². The van der Waals surface area contributed by atoms with Crippen molar-refractivity contribution in [2.75, 3.05) is 13.1 Å². The molecule has 0 saturated heterocycles. The first-order valence-electron chi connectivity index (χ1n) is 7.00. The van der Waals surface area contributed by atoms with E-state index in [0.29, 0.717) is 5.41 Å². The summed E-state index contributed by atoms with van der Waals surface area (Å²) in [6.45, 7) is 11.8. The van der Waals surface area contributed by atoms with Gasteiger partial charge < -0.3 is 4.90 Å². The van der Waals surface area contributed by atoms with E-state index in [0.717, 1.165) is 17.8 Å². The summed E-state index contributed by atoms with van der Waals surface area (Å²) >= 11 is 0. The zero-order valence-electron chi connectivity index (χ0n) is 10.8. The van der Waals surface area contributed by atoms with Crippen LogP contribution in [-0.2, 0) is 0 Å². The highest BCUT2D eigenvalue weighted by molar-refractivity contribution is 5.10. The quantitative estimate of drug-likeness (QED) is 0.659. The van der Waals surface area contributed by atoms with Crippen LogP contribution in [0, 0.1) is 23.2 Å². The Kier molecular flexibility index (Phi) is 2.35. The molecule has 0 radical (unpaired) electrons. The van der Waals surface area contributed by atoms with Gasteiger partial charge in [0.05, 0.1) is 0 Å². The van der Waals surface area contributed by atoms with Crippen LogP contribution in [0.2, 0.25) is 0 Å². The summed E-state index contributed by atoms with van der Waals surface area (Å²) in [6.07, 6.45) is 7.14. The van der Waals surface area contributed by atoms with Gasteiger partial charge in [0.1, 0.15) is 0 Å². The second kappa shape index (κ2) is 3.51. The van der Waals surface area contributed by atoms with E-state index in [2.05, 4.69) is 25.3 Å². The Morgan fingerprint density at radius 2 is 1.81 bits per heavy atom. The molecule has 0 heterocycles. The van der Waals surface area contributed by atoms with Crippen LogP contribution in [0.15, 0.2) is 12.3 Å². The molecule has 0 spiro atoms. The Balaban J connectivity index is 1.57. The smallest absolute Gasteiger partial charge is 0.0208 e. The highest BCUT2D eigenvalue weighted by Gasteiger charge is 2.47. The fourth-order valence-electron chi connectivity index (χ4n) is 2.75. The molecule has 1 atom stereocenters. The summed E-state index contributed by atoms with van der Waals surface area (Å²) in [5, 5.41) is 0. The molecule has 0 amide bonds. The third-order valence-corrected chi connectivity index (χ3v) is 4.79. The lowest BCUT2D eigenvalue weighted by Gasteiger charge is -2.27. The average molecular weight is 219 g/mol. The molecule has 3 aliphatic carbocycles. The summed E-state index contributed by atoms with van der Waals surface area (Å²) in [5.74, 6) is 2.78. The highest BCUT2D eigenvalue weighted by Crippen LogP contribution is 2.53. The number of hydrogen-bond acceptors (Lipinski definition) is 1. The minimum atomic E-state index is 0.617. The second-order valence-electron chi connectivity index (χ2n) is 7.00. The molecule has 16 heavy (non-hydrogen) atoms. The molecule has 1 unspecified atom stereocenters. The fraction of sp³-hybridized carbons (Fsp3) is 0.867. The first-order valence-corrected chi connectivity index (χ1v) is 7.00. The van der Waals surface area contributed by atoms with Crippen LogP contribution in [0.5, 0.6) is 0 Å². The van der Waals surface area contributed by atoms with Gasteiger partial charge in [-0.2, -0.15) is 0 Å². The number of allylic oxidation sites excluding steroid dienone is 1. The third kappa shape index (κ3) is 2.28. The molecular formula is C15H25N. The zero-order chi connectivity index (χ0) is 11.3. The van der Waals surface area contributed by atoms with Gasteiger partial charge in [-0.3, -0.25) is 0 Å². The molecule has 3 fully saturated rings. The van der Waals surface area contributed by atoms with Gasteiger partial charge in [0.15, 0.2) is 0 Å². The SMILES string of the molecule is C=C(C1CC1)N(CC1CC1)CC1CC1(C)C. The van der Waals surface area contributed by atoms with Crippen molar-refractivity contribution in [2.24, 2.45) is 23.2 Å². The lowest BCUT2D eigenvalue weighted by atomic mass is 10.1. The van der Waals surface area contributed by atoms with Crippen LogP contribution in [-0.4, -0.2) is 18.0 Å².